The first-order chi connectivity index (χ1) is 7.09. The average molecular weight is 207 g/mol. The number of hydrogen-bond acceptors (Lipinski definition) is 3. The highest BCUT2D eigenvalue weighted by Crippen LogP contribution is 2.10. The van der Waals surface area contributed by atoms with Gasteiger partial charge >= 0.3 is 0 Å². The number of rotatable bonds is 4. The second-order valence-electron chi connectivity index (χ2n) is 3.75. The quantitative estimate of drug-likeness (QED) is 0.773. The van der Waals surface area contributed by atoms with E-state index in [0.29, 0.717) is 6.42 Å². The Labute approximate surface area is 89.9 Å². The van der Waals surface area contributed by atoms with Gasteiger partial charge in [0.15, 0.2) is 0 Å². The molecule has 0 saturated carbocycles. The predicted molar refractivity (Wildman–Crippen MR) is 59.1 cm³/mol. The van der Waals surface area contributed by atoms with Crippen LogP contribution in [0.5, 0.6) is 0 Å². The lowest BCUT2D eigenvalue weighted by molar-refractivity contribution is -0.122. The molecule has 0 saturated heterocycles. The van der Waals surface area contributed by atoms with E-state index in [9.17, 15) is 4.79 Å². The molecule has 1 heterocycles. The number of pyridine rings is 1. The second kappa shape index (κ2) is 5.46. The van der Waals surface area contributed by atoms with E-state index in [-0.39, 0.29) is 18.0 Å². The Morgan fingerprint density at radius 3 is 2.60 bits per heavy atom. The molecule has 1 amide bonds. The van der Waals surface area contributed by atoms with E-state index in [1.165, 1.54) is 0 Å². The van der Waals surface area contributed by atoms with Crippen LogP contribution in [0.3, 0.4) is 0 Å². The summed E-state index contributed by atoms with van der Waals surface area (Å²) in [5.41, 5.74) is 6.58. The van der Waals surface area contributed by atoms with Crippen molar-refractivity contribution in [2.24, 2.45) is 5.73 Å². The SMILES string of the molecule is CC(N)CC(=O)N[C@@H](C)c1ccncc1. The number of aromatic nitrogens is 1. The molecule has 0 fully saturated rings. The molecular weight excluding hydrogens is 190 g/mol. The third kappa shape index (κ3) is 4.08. The number of nitrogens with two attached hydrogens (primary N) is 1. The van der Waals surface area contributed by atoms with Gasteiger partial charge in [-0.1, -0.05) is 0 Å². The largest absolute Gasteiger partial charge is 0.350 e. The van der Waals surface area contributed by atoms with Crippen LogP contribution in [0.2, 0.25) is 0 Å². The van der Waals surface area contributed by atoms with Gasteiger partial charge in [-0.25, -0.2) is 0 Å². The molecule has 0 bridgehead atoms. The van der Waals surface area contributed by atoms with Crippen LogP contribution in [0.15, 0.2) is 24.5 Å². The monoisotopic (exact) mass is 207 g/mol. The molecule has 0 aliphatic heterocycles. The highest BCUT2D eigenvalue weighted by Gasteiger charge is 2.10. The molecule has 1 rings (SSSR count). The molecule has 1 aromatic heterocycles. The van der Waals surface area contributed by atoms with E-state index in [0.717, 1.165) is 5.56 Å². The summed E-state index contributed by atoms with van der Waals surface area (Å²) < 4.78 is 0. The standard InChI is InChI=1S/C11H17N3O/c1-8(12)7-11(15)14-9(2)10-3-5-13-6-4-10/h3-6,8-9H,7,12H2,1-2H3,(H,14,15)/t8?,9-/m0/s1. The lowest BCUT2D eigenvalue weighted by Gasteiger charge is -2.14. The summed E-state index contributed by atoms with van der Waals surface area (Å²) in [6.45, 7) is 3.76. The van der Waals surface area contributed by atoms with Gasteiger partial charge in [0.25, 0.3) is 0 Å². The van der Waals surface area contributed by atoms with Crippen molar-refractivity contribution in [2.45, 2.75) is 32.4 Å². The number of amides is 1. The first kappa shape index (κ1) is 11.7. The van der Waals surface area contributed by atoms with Crippen molar-refractivity contribution in [1.82, 2.24) is 10.3 Å². The zero-order chi connectivity index (χ0) is 11.3. The average Bonchev–Trinajstić information content (AvgIpc) is 2.17. The van der Waals surface area contributed by atoms with E-state index in [4.69, 9.17) is 5.73 Å². The van der Waals surface area contributed by atoms with E-state index in [2.05, 4.69) is 10.3 Å². The molecule has 0 radical (unpaired) electrons. The fraction of sp³-hybridized carbons (Fsp3) is 0.455. The maximum Gasteiger partial charge on any atom is 0.222 e. The van der Waals surface area contributed by atoms with Gasteiger partial charge in [-0.05, 0) is 31.5 Å². The lowest BCUT2D eigenvalue weighted by atomic mass is 10.1. The van der Waals surface area contributed by atoms with Gasteiger partial charge in [-0.15, -0.1) is 0 Å². The topological polar surface area (TPSA) is 68.0 Å². The molecule has 15 heavy (non-hydrogen) atoms. The Bertz CT molecular complexity index is 311. The summed E-state index contributed by atoms with van der Waals surface area (Å²) in [6, 6.07) is 3.67. The molecule has 0 aromatic carbocycles. The molecular formula is C11H17N3O. The zero-order valence-corrected chi connectivity index (χ0v) is 9.10. The van der Waals surface area contributed by atoms with Crippen molar-refractivity contribution in [2.75, 3.05) is 0 Å². The fourth-order valence-corrected chi connectivity index (χ4v) is 1.33. The molecule has 82 valence electrons. The van der Waals surface area contributed by atoms with Crippen molar-refractivity contribution < 1.29 is 4.79 Å². The fourth-order valence-electron chi connectivity index (χ4n) is 1.33. The molecule has 0 aliphatic rings. The molecule has 0 aliphatic carbocycles. The van der Waals surface area contributed by atoms with Gasteiger partial charge in [0, 0.05) is 24.9 Å². The number of hydrogen-bond donors (Lipinski definition) is 2. The maximum atomic E-state index is 11.4. The van der Waals surface area contributed by atoms with Crippen molar-refractivity contribution >= 4 is 5.91 Å². The van der Waals surface area contributed by atoms with Crippen LogP contribution in [0, 0.1) is 0 Å². The summed E-state index contributed by atoms with van der Waals surface area (Å²) >= 11 is 0. The van der Waals surface area contributed by atoms with Crippen molar-refractivity contribution in [3.8, 4) is 0 Å². The van der Waals surface area contributed by atoms with Gasteiger partial charge in [0.2, 0.25) is 5.91 Å². The second-order valence-corrected chi connectivity index (χ2v) is 3.75. The minimum absolute atomic E-state index is 0.000694. The summed E-state index contributed by atoms with van der Waals surface area (Å²) in [6.07, 6.45) is 3.78. The Hall–Kier alpha value is -1.42. The molecule has 4 heteroatoms. The van der Waals surface area contributed by atoms with E-state index in [1.807, 2.05) is 26.0 Å². The minimum Gasteiger partial charge on any atom is -0.350 e. The molecule has 3 N–H and O–H groups in total. The van der Waals surface area contributed by atoms with E-state index >= 15 is 0 Å². The van der Waals surface area contributed by atoms with E-state index in [1.54, 1.807) is 12.4 Å². The Morgan fingerprint density at radius 2 is 2.07 bits per heavy atom. The molecule has 0 spiro atoms. The Morgan fingerprint density at radius 1 is 1.47 bits per heavy atom. The summed E-state index contributed by atoms with van der Waals surface area (Å²) in [5.74, 6) is -0.0192. The van der Waals surface area contributed by atoms with Crippen molar-refractivity contribution in [3.63, 3.8) is 0 Å². The Kier molecular flexibility index (Phi) is 4.24. The smallest absolute Gasteiger partial charge is 0.222 e. The molecule has 1 unspecified atom stereocenters. The van der Waals surface area contributed by atoms with Crippen LogP contribution >= 0.6 is 0 Å². The van der Waals surface area contributed by atoms with Crippen molar-refractivity contribution in [1.29, 1.82) is 0 Å². The first-order valence-electron chi connectivity index (χ1n) is 5.04. The summed E-state index contributed by atoms with van der Waals surface area (Å²) in [5, 5.41) is 2.88. The maximum absolute atomic E-state index is 11.4. The van der Waals surface area contributed by atoms with Crippen LogP contribution in [0.25, 0.3) is 0 Å². The van der Waals surface area contributed by atoms with Crippen LogP contribution < -0.4 is 11.1 Å². The van der Waals surface area contributed by atoms with Gasteiger partial charge in [-0.3, -0.25) is 9.78 Å². The van der Waals surface area contributed by atoms with E-state index < -0.39 is 0 Å². The molecule has 1 aromatic rings. The third-order valence-corrected chi connectivity index (χ3v) is 2.09. The normalized spacial score (nSPS) is 14.3. The van der Waals surface area contributed by atoms with Gasteiger partial charge in [0.05, 0.1) is 6.04 Å². The highest BCUT2D eigenvalue weighted by atomic mass is 16.1. The zero-order valence-electron chi connectivity index (χ0n) is 9.10. The van der Waals surface area contributed by atoms with Crippen LogP contribution in [0.1, 0.15) is 31.9 Å². The number of nitrogens with zero attached hydrogens (tertiary/aromatic N) is 1. The van der Waals surface area contributed by atoms with Gasteiger partial charge in [0.1, 0.15) is 0 Å². The minimum atomic E-state index is -0.102. The molecule has 2 atom stereocenters. The molecule has 4 nitrogen and oxygen atoms in total. The number of carbonyl (C=O) groups is 1. The van der Waals surface area contributed by atoms with Gasteiger partial charge in [-0.2, -0.15) is 0 Å². The predicted octanol–water partition coefficient (Wildman–Crippen LogP) is 0.996. The van der Waals surface area contributed by atoms with Gasteiger partial charge < -0.3 is 11.1 Å². The number of nitrogens with one attached hydrogen (secondary N) is 1. The third-order valence-electron chi connectivity index (χ3n) is 2.09. The first-order valence-corrected chi connectivity index (χ1v) is 5.04. The Balaban J connectivity index is 2.49. The number of carbonyl (C=O) groups excluding carboxylic acids is 1. The lowest BCUT2D eigenvalue weighted by Crippen LogP contribution is -2.31. The van der Waals surface area contributed by atoms with Crippen LogP contribution in [-0.4, -0.2) is 16.9 Å². The summed E-state index contributed by atoms with van der Waals surface area (Å²) in [4.78, 5) is 15.4. The van der Waals surface area contributed by atoms with Crippen LogP contribution in [-0.2, 0) is 4.79 Å². The van der Waals surface area contributed by atoms with Crippen molar-refractivity contribution in [3.05, 3.63) is 30.1 Å². The van der Waals surface area contributed by atoms with Crippen LogP contribution in [0.4, 0.5) is 0 Å². The summed E-state index contributed by atoms with van der Waals surface area (Å²) in [7, 11) is 0. The highest BCUT2D eigenvalue weighted by molar-refractivity contribution is 5.76.